The van der Waals surface area contributed by atoms with Crippen LogP contribution in [0.2, 0.25) is 0 Å². The highest BCUT2D eigenvalue weighted by Gasteiger charge is 2.23. The van der Waals surface area contributed by atoms with Gasteiger partial charge in [0.25, 0.3) is 0 Å². The number of nitrogens with zero attached hydrogens (tertiary/aromatic N) is 1. The zero-order valence-corrected chi connectivity index (χ0v) is 12.1. The van der Waals surface area contributed by atoms with Crippen LogP contribution in [0, 0.1) is 5.92 Å². The first-order valence-corrected chi connectivity index (χ1v) is 7.16. The summed E-state index contributed by atoms with van der Waals surface area (Å²) in [6, 6.07) is 8.10. The van der Waals surface area contributed by atoms with Crippen molar-refractivity contribution in [2.24, 2.45) is 5.92 Å². The van der Waals surface area contributed by atoms with Crippen molar-refractivity contribution >= 4 is 11.6 Å². The largest absolute Gasteiger partial charge is 0.326 e. The normalized spacial score (nSPS) is 17.7. The molecule has 0 spiro atoms. The third-order valence-corrected chi connectivity index (χ3v) is 3.93. The number of carbonyl (C=O) groups is 1. The van der Waals surface area contributed by atoms with Crippen LogP contribution in [0.1, 0.15) is 38.2 Å². The second-order valence-electron chi connectivity index (χ2n) is 5.81. The van der Waals surface area contributed by atoms with E-state index in [2.05, 4.69) is 37.2 Å². The first-order valence-electron chi connectivity index (χ1n) is 7.16. The van der Waals surface area contributed by atoms with Gasteiger partial charge < -0.3 is 10.2 Å². The highest BCUT2D eigenvalue weighted by Crippen LogP contribution is 2.25. The molecule has 0 radical (unpaired) electrons. The van der Waals surface area contributed by atoms with Crippen molar-refractivity contribution < 1.29 is 4.79 Å². The van der Waals surface area contributed by atoms with Crippen LogP contribution in [-0.2, 0) is 4.79 Å². The van der Waals surface area contributed by atoms with Gasteiger partial charge >= 0.3 is 0 Å². The summed E-state index contributed by atoms with van der Waals surface area (Å²) < 4.78 is 0. The zero-order valence-electron chi connectivity index (χ0n) is 12.1. The van der Waals surface area contributed by atoms with E-state index in [0.29, 0.717) is 5.92 Å². The summed E-state index contributed by atoms with van der Waals surface area (Å²) >= 11 is 0. The lowest BCUT2D eigenvalue weighted by Gasteiger charge is -2.28. The standard InChI is InChI=1S/C16H24N2O/c1-12(2)14-6-4-5-7-15(14)17-16(19)13-8-10-18(3)11-9-13/h4-7,12-13H,8-11H2,1-3H3,(H,17,19). The number of amides is 1. The Bertz CT molecular complexity index is 434. The fourth-order valence-electron chi connectivity index (χ4n) is 2.62. The summed E-state index contributed by atoms with van der Waals surface area (Å²) in [5.74, 6) is 0.770. The first-order chi connectivity index (χ1) is 9.08. The molecule has 1 saturated heterocycles. The summed E-state index contributed by atoms with van der Waals surface area (Å²) in [4.78, 5) is 14.6. The predicted octanol–water partition coefficient (Wildman–Crippen LogP) is 3.09. The fraction of sp³-hybridized carbons (Fsp3) is 0.562. The molecule has 1 aliphatic rings. The quantitative estimate of drug-likeness (QED) is 0.905. The van der Waals surface area contributed by atoms with E-state index in [4.69, 9.17) is 0 Å². The summed E-state index contributed by atoms with van der Waals surface area (Å²) in [7, 11) is 2.11. The van der Waals surface area contributed by atoms with Crippen LogP contribution in [0.5, 0.6) is 0 Å². The van der Waals surface area contributed by atoms with E-state index >= 15 is 0 Å². The Balaban J connectivity index is 2.03. The number of hydrogen-bond acceptors (Lipinski definition) is 2. The maximum absolute atomic E-state index is 12.3. The minimum atomic E-state index is 0.163. The van der Waals surface area contributed by atoms with Gasteiger partial charge in [0.05, 0.1) is 0 Å². The second kappa shape index (κ2) is 6.20. The summed E-state index contributed by atoms with van der Waals surface area (Å²) in [5, 5.41) is 3.12. The number of hydrogen-bond donors (Lipinski definition) is 1. The topological polar surface area (TPSA) is 32.3 Å². The van der Waals surface area contributed by atoms with Gasteiger partial charge in [-0.1, -0.05) is 32.0 Å². The van der Waals surface area contributed by atoms with Gasteiger partial charge in [0, 0.05) is 11.6 Å². The molecule has 1 amide bonds. The van der Waals surface area contributed by atoms with E-state index < -0.39 is 0 Å². The third kappa shape index (κ3) is 3.57. The van der Waals surface area contributed by atoms with Crippen LogP contribution in [-0.4, -0.2) is 30.9 Å². The summed E-state index contributed by atoms with van der Waals surface area (Å²) in [6.45, 7) is 6.34. The Morgan fingerprint density at radius 3 is 2.53 bits per heavy atom. The molecule has 0 saturated carbocycles. The monoisotopic (exact) mass is 260 g/mol. The van der Waals surface area contributed by atoms with E-state index in [1.54, 1.807) is 0 Å². The van der Waals surface area contributed by atoms with Crippen LogP contribution in [0.3, 0.4) is 0 Å². The Labute approximate surface area is 116 Å². The average molecular weight is 260 g/mol. The van der Waals surface area contributed by atoms with Gasteiger partial charge in [0.2, 0.25) is 5.91 Å². The molecule has 0 bridgehead atoms. The lowest BCUT2D eigenvalue weighted by molar-refractivity contribution is -0.121. The van der Waals surface area contributed by atoms with Gasteiger partial charge in [-0.3, -0.25) is 4.79 Å². The number of piperidine rings is 1. The molecule has 1 aromatic rings. The van der Waals surface area contributed by atoms with Gasteiger partial charge in [-0.25, -0.2) is 0 Å². The third-order valence-electron chi connectivity index (χ3n) is 3.93. The number of benzene rings is 1. The van der Waals surface area contributed by atoms with Gasteiger partial charge in [0.15, 0.2) is 0 Å². The SMILES string of the molecule is CC(C)c1ccccc1NC(=O)C1CCN(C)CC1. The maximum Gasteiger partial charge on any atom is 0.227 e. The van der Waals surface area contributed by atoms with Gasteiger partial charge in [-0.05, 0) is 50.5 Å². The number of likely N-dealkylation sites (tertiary alicyclic amines) is 1. The van der Waals surface area contributed by atoms with Crippen molar-refractivity contribution in [2.75, 3.05) is 25.5 Å². The highest BCUT2D eigenvalue weighted by molar-refractivity contribution is 5.93. The molecule has 1 fully saturated rings. The number of rotatable bonds is 3. The van der Waals surface area contributed by atoms with E-state index in [0.717, 1.165) is 31.6 Å². The van der Waals surface area contributed by atoms with E-state index in [1.165, 1.54) is 5.56 Å². The Morgan fingerprint density at radius 1 is 1.26 bits per heavy atom. The predicted molar refractivity (Wildman–Crippen MR) is 79.4 cm³/mol. The molecule has 0 aromatic heterocycles. The van der Waals surface area contributed by atoms with Crippen molar-refractivity contribution in [1.29, 1.82) is 0 Å². The molecule has 1 aliphatic heterocycles. The minimum Gasteiger partial charge on any atom is -0.326 e. The molecular weight excluding hydrogens is 236 g/mol. The Hall–Kier alpha value is -1.35. The molecule has 3 heteroatoms. The zero-order chi connectivity index (χ0) is 13.8. The molecule has 2 rings (SSSR count). The van der Waals surface area contributed by atoms with Crippen LogP contribution in [0.4, 0.5) is 5.69 Å². The summed E-state index contributed by atoms with van der Waals surface area (Å²) in [5.41, 5.74) is 2.19. The maximum atomic E-state index is 12.3. The van der Waals surface area contributed by atoms with E-state index in [-0.39, 0.29) is 11.8 Å². The molecular formula is C16H24N2O. The Kier molecular flexibility index (Phi) is 4.59. The molecule has 0 aliphatic carbocycles. The lowest BCUT2D eigenvalue weighted by atomic mass is 9.95. The fourth-order valence-corrected chi connectivity index (χ4v) is 2.62. The van der Waals surface area contributed by atoms with Crippen molar-refractivity contribution in [3.8, 4) is 0 Å². The van der Waals surface area contributed by atoms with Crippen molar-refractivity contribution in [3.05, 3.63) is 29.8 Å². The van der Waals surface area contributed by atoms with Crippen molar-refractivity contribution in [1.82, 2.24) is 4.90 Å². The average Bonchev–Trinajstić information content (AvgIpc) is 2.39. The molecule has 3 nitrogen and oxygen atoms in total. The van der Waals surface area contributed by atoms with Crippen molar-refractivity contribution in [3.63, 3.8) is 0 Å². The van der Waals surface area contributed by atoms with Crippen LogP contribution >= 0.6 is 0 Å². The van der Waals surface area contributed by atoms with E-state index in [9.17, 15) is 4.79 Å². The summed E-state index contributed by atoms with van der Waals surface area (Å²) in [6.07, 6.45) is 1.93. The van der Waals surface area contributed by atoms with Crippen LogP contribution in [0.25, 0.3) is 0 Å². The van der Waals surface area contributed by atoms with Gasteiger partial charge in [0.1, 0.15) is 0 Å². The smallest absolute Gasteiger partial charge is 0.227 e. The van der Waals surface area contributed by atoms with Gasteiger partial charge in [-0.2, -0.15) is 0 Å². The van der Waals surface area contributed by atoms with Gasteiger partial charge in [-0.15, -0.1) is 0 Å². The van der Waals surface area contributed by atoms with Crippen LogP contribution < -0.4 is 5.32 Å². The number of anilines is 1. The molecule has 19 heavy (non-hydrogen) atoms. The second-order valence-corrected chi connectivity index (χ2v) is 5.81. The molecule has 104 valence electrons. The lowest BCUT2D eigenvalue weighted by Crippen LogP contribution is -2.36. The molecule has 0 atom stereocenters. The number of para-hydroxylation sites is 1. The Morgan fingerprint density at radius 2 is 1.89 bits per heavy atom. The molecule has 1 aromatic carbocycles. The number of nitrogens with one attached hydrogen (secondary N) is 1. The highest BCUT2D eigenvalue weighted by atomic mass is 16.1. The molecule has 1 N–H and O–H groups in total. The molecule has 1 heterocycles. The number of carbonyl (C=O) groups excluding carboxylic acids is 1. The van der Waals surface area contributed by atoms with E-state index in [1.807, 2.05) is 18.2 Å². The van der Waals surface area contributed by atoms with Crippen molar-refractivity contribution in [2.45, 2.75) is 32.6 Å². The van der Waals surface area contributed by atoms with Crippen LogP contribution in [0.15, 0.2) is 24.3 Å². The molecule has 0 unspecified atom stereocenters. The first kappa shape index (κ1) is 14.1. The minimum absolute atomic E-state index is 0.163.